The minimum absolute atomic E-state index is 0.119. The molecule has 1 aromatic heterocycles. The maximum absolute atomic E-state index is 13.9. The normalized spacial score (nSPS) is 29.6. The van der Waals surface area contributed by atoms with Crippen molar-refractivity contribution in [3.05, 3.63) is 59.7 Å². The monoisotopic (exact) mass is 390 g/mol. The third kappa shape index (κ3) is 3.62. The lowest BCUT2D eigenvalue weighted by atomic mass is 9.97. The van der Waals surface area contributed by atoms with Crippen LogP contribution in [0.15, 0.2) is 42.6 Å². The van der Waals surface area contributed by atoms with Crippen molar-refractivity contribution in [1.82, 2.24) is 9.88 Å². The Morgan fingerprint density at radius 1 is 0.966 bits per heavy atom. The fourth-order valence-electron chi connectivity index (χ4n) is 5.88. The summed E-state index contributed by atoms with van der Waals surface area (Å²) in [6.45, 7) is 3.92. The molecule has 4 nitrogen and oxygen atoms in total. The fourth-order valence-corrected chi connectivity index (χ4v) is 5.88. The molecule has 1 aromatic carbocycles. The lowest BCUT2D eigenvalue weighted by Crippen LogP contribution is -2.50. The third-order valence-electron chi connectivity index (χ3n) is 7.37. The molecular formula is C24H27FN4. The van der Waals surface area contributed by atoms with Crippen molar-refractivity contribution >= 4 is 5.69 Å². The number of aromatic nitrogens is 1. The van der Waals surface area contributed by atoms with Crippen molar-refractivity contribution in [2.75, 3.05) is 31.1 Å². The molecule has 2 heterocycles. The van der Waals surface area contributed by atoms with Gasteiger partial charge < -0.3 is 4.90 Å². The first kappa shape index (κ1) is 18.6. The van der Waals surface area contributed by atoms with Gasteiger partial charge in [-0.05, 0) is 67.9 Å². The van der Waals surface area contributed by atoms with Crippen molar-refractivity contribution in [2.24, 2.45) is 11.8 Å². The molecule has 0 bridgehead atoms. The fraction of sp³-hybridized carbons (Fsp3) is 0.500. The Labute approximate surface area is 172 Å². The molecular weight excluding hydrogens is 363 g/mol. The Morgan fingerprint density at radius 2 is 1.72 bits per heavy atom. The second-order valence-corrected chi connectivity index (χ2v) is 8.87. The van der Waals surface area contributed by atoms with Crippen LogP contribution in [0, 0.1) is 29.0 Å². The molecule has 1 aliphatic heterocycles. The first-order chi connectivity index (χ1) is 14.2. The zero-order chi connectivity index (χ0) is 19.8. The minimum atomic E-state index is -0.418. The molecule has 2 aromatic rings. The van der Waals surface area contributed by atoms with Gasteiger partial charge in [-0.15, -0.1) is 0 Å². The summed E-state index contributed by atoms with van der Waals surface area (Å²) in [5.74, 6) is 1.92. The zero-order valence-electron chi connectivity index (χ0n) is 16.7. The van der Waals surface area contributed by atoms with Gasteiger partial charge >= 0.3 is 0 Å². The number of nitriles is 1. The maximum atomic E-state index is 13.9. The van der Waals surface area contributed by atoms with Gasteiger partial charge in [0.2, 0.25) is 0 Å². The van der Waals surface area contributed by atoms with Crippen LogP contribution in [0.1, 0.15) is 42.9 Å². The molecule has 5 heteroatoms. The predicted molar refractivity (Wildman–Crippen MR) is 111 cm³/mol. The van der Waals surface area contributed by atoms with Crippen molar-refractivity contribution in [1.29, 1.82) is 5.26 Å². The molecule has 0 amide bonds. The van der Waals surface area contributed by atoms with E-state index in [0.29, 0.717) is 12.0 Å². The Bertz CT molecular complexity index is 887. The van der Waals surface area contributed by atoms with Crippen LogP contribution in [0.4, 0.5) is 10.1 Å². The Hall–Kier alpha value is -2.45. The SMILES string of the molecule is N#Cc1ccc(N2CCN(C3CC4CC(c5ccccn5)CC4C3)CC2)cc1F. The highest BCUT2D eigenvalue weighted by atomic mass is 19.1. The third-order valence-corrected chi connectivity index (χ3v) is 7.37. The van der Waals surface area contributed by atoms with E-state index in [1.165, 1.54) is 37.4 Å². The minimum Gasteiger partial charge on any atom is -0.369 e. The van der Waals surface area contributed by atoms with Gasteiger partial charge in [0.05, 0.1) is 5.56 Å². The van der Waals surface area contributed by atoms with Gasteiger partial charge in [-0.3, -0.25) is 9.88 Å². The van der Waals surface area contributed by atoms with Crippen molar-refractivity contribution < 1.29 is 4.39 Å². The van der Waals surface area contributed by atoms with Crippen LogP contribution in [-0.2, 0) is 0 Å². The summed E-state index contributed by atoms with van der Waals surface area (Å²) in [5.41, 5.74) is 2.29. The van der Waals surface area contributed by atoms with Gasteiger partial charge in [0.25, 0.3) is 0 Å². The number of pyridine rings is 1. The summed E-state index contributed by atoms with van der Waals surface area (Å²) in [5, 5.41) is 8.91. The highest BCUT2D eigenvalue weighted by molar-refractivity contribution is 5.50. The van der Waals surface area contributed by atoms with E-state index in [1.807, 2.05) is 24.4 Å². The number of hydrogen-bond donors (Lipinski definition) is 0. The van der Waals surface area contributed by atoms with Gasteiger partial charge in [0, 0.05) is 55.7 Å². The molecule has 1 saturated heterocycles. The molecule has 3 fully saturated rings. The molecule has 0 radical (unpaired) electrons. The topological polar surface area (TPSA) is 43.2 Å². The smallest absolute Gasteiger partial charge is 0.143 e. The van der Waals surface area contributed by atoms with E-state index in [-0.39, 0.29) is 5.56 Å². The van der Waals surface area contributed by atoms with Gasteiger partial charge in [0.1, 0.15) is 11.9 Å². The number of benzene rings is 1. The van der Waals surface area contributed by atoms with Crippen LogP contribution in [0.25, 0.3) is 0 Å². The molecule has 29 heavy (non-hydrogen) atoms. The maximum Gasteiger partial charge on any atom is 0.143 e. The molecule has 0 spiro atoms. The number of fused-ring (bicyclic) bond motifs is 1. The Morgan fingerprint density at radius 3 is 2.34 bits per heavy atom. The average molecular weight is 391 g/mol. The molecule has 2 unspecified atom stereocenters. The van der Waals surface area contributed by atoms with Crippen LogP contribution in [0.5, 0.6) is 0 Å². The van der Waals surface area contributed by atoms with E-state index in [2.05, 4.69) is 26.9 Å². The lowest BCUT2D eigenvalue weighted by molar-refractivity contribution is 0.179. The van der Waals surface area contributed by atoms with Gasteiger partial charge in [-0.1, -0.05) is 6.07 Å². The number of halogens is 1. The van der Waals surface area contributed by atoms with Crippen LogP contribution >= 0.6 is 0 Å². The van der Waals surface area contributed by atoms with E-state index >= 15 is 0 Å². The number of piperazine rings is 1. The number of rotatable bonds is 3. The zero-order valence-corrected chi connectivity index (χ0v) is 16.7. The summed E-state index contributed by atoms with van der Waals surface area (Å²) in [7, 11) is 0. The average Bonchev–Trinajstić information content (AvgIpc) is 3.34. The van der Waals surface area contributed by atoms with Gasteiger partial charge in [0.15, 0.2) is 0 Å². The quantitative estimate of drug-likeness (QED) is 0.788. The van der Waals surface area contributed by atoms with Crippen molar-refractivity contribution in [2.45, 2.75) is 37.6 Å². The Balaban J connectivity index is 1.15. The first-order valence-electron chi connectivity index (χ1n) is 10.8. The van der Waals surface area contributed by atoms with E-state index in [9.17, 15) is 4.39 Å². The van der Waals surface area contributed by atoms with Gasteiger partial charge in [-0.2, -0.15) is 5.26 Å². The highest BCUT2D eigenvalue weighted by Crippen LogP contribution is 2.51. The second kappa shape index (κ2) is 7.76. The van der Waals surface area contributed by atoms with Crippen LogP contribution in [0.3, 0.4) is 0 Å². The second-order valence-electron chi connectivity index (χ2n) is 8.87. The van der Waals surface area contributed by atoms with Crippen LogP contribution in [0.2, 0.25) is 0 Å². The van der Waals surface area contributed by atoms with E-state index < -0.39 is 5.82 Å². The van der Waals surface area contributed by atoms with Crippen LogP contribution < -0.4 is 4.90 Å². The molecule has 5 rings (SSSR count). The molecule has 0 N–H and O–H groups in total. The number of hydrogen-bond acceptors (Lipinski definition) is 4. The van der Waals surface area contributed by atoms with E-state index in [1.54, 1.807) is 6.07 Å². The molecule has 3 aliphatic rings. The standard InChI is InChI=1S/C24H27FN4/c25-23-15-21(5-4-17(23)16-26)28-7-9-29(10-8-28)22-13-18-11-20(12-19(18)14-22)24-3-1-2-6-27-24/h1-6,15,18-20,22H,7-14H2. The first-order valence-corrected chi connectivity index (χ1v) is 10.8. The van der Waals surface area contributed by atoms with Crippen LogP contribution in [-0.4, -0.2) is 42.1 Å². The van der Waals surface area contributed by atoms with Crippen molar-refractivity contribution in [3.63, 3.8) is 0 Å². The number of anilines is 1. The summed E-state index contributed by atoms with van der Waals surface area (Å²) in [4.78, 5) is 9.49. The lowest BCUT2D eigenvalue weighted by Gasteiger charge is -2.39. The summed E-state index contributed by atoms with van der Waals surface area (Å²) >= 11 is 0. The summed E-state index contributed by atoms with van der Waals surface area (Å²) in [6.07, 6.45) is 7.15. The highest BCUT2D eigenvalue weighted by Gasteiger charge is 2.44. The summed E-state index contributed by atoms with van der Waals surface area (Å²) < 4.78 is 13.9. The molecule has 2 atom stereocenters. The number of nitrogens with zero attached hydrogens (tertiary/aromatic N) is 4. The largest absolute Gasteiger partial charge is 0.369 e. The van der Waals surface area contributed by atoms with Gasteiger partial charge in [-0.25, -0.2) is 4.39 Å². The predicted octanol–water partition coefficient (Wildman–Crippen LogP) is 4.19. The van der Waals surface area contributed by atoms with E-state index in [0.717, 1.165) is 43.7 Å². The van der Waals surface area contributed by atoms with E-state index in [4.69, 9.17) is 5.26 Å². The molecule has 2 aliphatic carbocycles. The van der Waals surface area contributed by atoms with Crippen molar-refractivity contribution in [3.8, 4) is 6.07 Å². The summed E-state index contributed by atoms with van der Waals surface area (Å²) in [6, 6.07) is 13.9. The Kier molecular flexibility index (Phi) is 4.97. The molecule has 2 saturated carbocycles. The molecule has 150 valence electrons.